The first-order valence-corrected chi connectivity index (χ1v) is 8.71. The summed E-state index contributed by atoms with van der Waals surface area (Å²) in [5.41, 5.74) is 3.65. The Labute approximate surface area is 159 Å². The second kappa shape index (κ2) is 7.16. The normalized spacial score (nSPS) is 11.0. The lowest BCUT2D eigenvalue weighted by atomic mass is 10.2. The zero-order valence-electron chi connectivity index (χ0n) is 14.5. The van der Waals surface area contributed by atoms with Crippen LogP contribution in [0.2, 0.25) is 5.02 Å². The van der Waals surface area contributed by atoms with E-state index in [0.29, 0.717) is 18.0 Å². The number of hydrogen-bond acceptors (Lipinski definition) is 5. The maximum atomic E-state index is 12.1. The third-order valence-corrected chi connectivity index (χ3v) is 4.29. The number of nitrogens with zero attached hydrogens (tertiary/aromatic N) is 6. The predicted octanol–water partition coefficient (Wildman–Crippen LogP) is 2.15. The molecule has 0 bridgehead atoms. The van der Waals surface area contributed by atoms with E-state index in [1.54, 1.807) is 30.2 Å². The second-order valence-corrected chi connectivity index (χ2v) is 6.40. The molecular formula is C18H16ClN7O. The van der Waals surface area contributed by atoms with Crippen molar-refractivity contribution in [1.29, 1.82) is 0 Å². The van der Waals surface area contributed by atoms with Crippen LogP contribution in [-0.4, -0.2) is 41.8 Å². The SMILES string of the molecule is Cn1cc(Cl)c(C(=O)NCCc2cc3nc(-c4ccncc4)ccn3n2)n1. The maximum absolute atomic E-state index is 12.1. The molecule has 4 heterocycles. The van der Waals surface area contributed by atoms with E-state index in [0.717, 1.165) is 22.6 Å². The number of carbonyl (C=O) groups is 1. The second-order valence-electron chi connectivity index (χ2n) is 5.99. The summed E-state index contributed by atoms with van der Waals surface area (Å²) in [4.78, 5) is 20.8. The van der Waals surface area contributed by atoms with Gasteiger partial charge in [-0.25, -0.2) is 9.50 Å². The lowest BCUT2D eigenvalue weighted by Crippen LogP contribution is -2.26. The Morgan fingerprint density at radius 1 is 1.22 bits per heavy atom. The van der Waals surface area contributed by atoms with Crippen molar-refractivity contribution in [2.75, 3.05) is 6.54 Å². The van der Waals surface area contributed by atoms with E-state index < -0.39 is 0 Å². The van der Waals surface area contributed by atoms with Crippen molar-refractivity contribution in [3.63, 3.8) is 0 Å². The maximum Gasteiger partial charge on any atom is 0.273 e. The molecule has 0 aliphatic carbocycles. The number of hydrogen-bond donors (Lipinski definition) is 1. The monoisotopic (exact) mass is 381 g/mol. The molecule has 0 aliphatic rings. The van der Waals surface area contributed by atoms with Crippen LogP contribution >= 0.6 is 11.6 Å². The van der Waals surface area contributed by atoms with Gasteiger partial charge in [0.1, 0.15) is 0 Å². The highest BCUT2D eigenvalue weighted by molar-refractivity contribution is 6.33. The van der Waals surface area contributed by atoms with Crippen LogP contribution < -0.4 is 5.32 Å². The quantitative estimate of drug-likeness (QED) is 0.572. The van der Waals surface area contributed by atoms with Crippen molar-refractivity contribution < 1.29 is 4.79 Å². The Balaban J connectivity index is 1.43. The number of amides is 1. The number of aromatic nitrogens is 6. The summed E-state index contributed by atoms with van der Waals surface area (Å²) in [6.07, 6.45) is 7.50. The van der Waals surface area contributed by atoms with Gasteiger partial charge >= 0.3 is 0 Å². The van der Waals surface area contributed by atoms with Crippen LogP contribution in [0.1, 0.15) is 16.2 Å². The smallest absolute Gasteiger partial charge is 0.273 e. The van der Waals surface area contributed by atoms with Crippen LogP contribution in [0.5, 0.6) is 0 Å². The highest BCUT2D eigenvalue weighted by Gasteiger charge is 2.14. The minimum atomic E-state index is -0.303. The van der Waals surface area contributed by atoms with Crippen LogP contribution in [0, 0.1) is 0 Å². The molecule has 0 saturated heterocycles. The van der Waals surface area contributed by atoms with Gasteiger partial charge in [0.15, 0.2) is 11.3 Å². The molecule has 0 radical (unpaired) electrons. The van der Waals surface area contributed by atoms with Crippen molar-refractivity contribution in [3.8, 4) is 11.3 Å². The largest absolute Gasteiger partial charge is 0.350 e. The van der Waals surface area contributed by atoms with Crippen LogP contribution in [0.15, 0.2) is 49.1 Å². The summed E-state index contributed by atoms with van der Waals surface area (Å²) in [6.45, 7) is 0.423. The number of nitrogens with one attached hydrogen (secondary N) is 1. The first-order chi connectivity index (χ1) is 13.1. The Bertz CT molecular complexity index is 1100. The Morgan fingerprint density at radius 2 is 2.04 bits per heavy atom. The molecule has 0 unspecified atom stereocenters. The minimum absolute atomic E-state index is 0.220. The van der Waals surface area contributed by atoms with Gasteiger partial charge < -0.3 is 5.32 Å². The van der Waals surface area contributed by atoms with Crippen molar-refractivity contribution in [2.45, 2.75) is 6.42 Å². The molecule has 4 aromatic rings. The molecule has 0 aliphatic heterocycles. The predicted molar refractivity (Wildman–Crippen MR) is 100 cm³/mol. The molecule has 0 spiro atoms. The summed E-state index contributed by atoms with van der Waals surface area (Å²) in [5.74, 6) is -0.303. The van der Waals surface area contributed by atoms with Crippen molar-refractivity contribution in [1.82, 2.24) is 34.7 Å². The van der Waals surface area contributed by atoms with Gasteiger partial charge in [0.25, 0.3) is 5.91 Å². The van der Waals surface area contributed by atoms with Crippen molar-refractivity contribution >= 4 is 23.2 Å². The molecule has 0 aromatic carbocycles. The van der Waals surface area contributed by atoms with Gasteiger partial charge in [-0.15, -0.1) is 0 Å². The molecule has 4 rings (SSSR count). The fraction of sp³-hybridized carbons (Fsp3) is 0.167. The molecule has 0 fully saturated rings. The lowest BCUT2D eigenvalue weighted by molar-refractivity contribution is 0.0948. The van der Waals surface area contributed by atoms with E-state index >= 15 is 0 Å². The van der Waals surface area contributed by atoms with E-state index in [2.05, 4.69) is 25.5 Å². The van der Waals surface area contributed by atoms with Crippen LogP contribution in [0.4, 0.5) is 0 Å². The summed E-state index contributed by atoms with van der Waals surface area (Å²) in [5, 5.41) is 11.7. The summed E-state index contributed by atoms with van der Waals surface area (Å²) in [6, 6.07) is 7.64. The third kappa shape index (κ3) is 3.65. The van der Waals surface area contributed by atoms with Crippen LogP contribution in [-0.2, 0) is 13.5 Å². The topological polar surface area (TPSA) is 90.0 Å². The van der Waals surface area contributed by atoms with Crippen LogP contribution in [0.3, 0.4) is 0 Å². The molecule has 8 nitrogen and oxygen atoms in total. The summed E-state index contributed by atoms with van der Waals surface area (Å²) < 4.78 is 3.23. The average molecular weight is 382 g/mol. The molecule has 9 heteroatoms. The Hall–Kier alpha value is -3.26. The van der Waals surface area contributed by atoms with E-state index in [1.165, 1.54) is 4.68 Å². The molecule has 1 N–H and O–H groups in total. The highest BCUT2D eigenvalue weighted by atomic mass is 35.5. The zero-order valence-corrected chi connectivity index (χ0v) is 15.3. The van der Waals surface area contributed by atoms with Gasteiger partial charge in [-0.05, 0) is 18.2 Å². The number of carbonyl (C=O) groups excluding carboxylic acids is 1. The first-order valence-electron chi connectivity index (χ1n) is 8.33. The molecule has 4 aromatic heterocycles. The fourth-order valence-electron chi connectivity index (χ4n) is 2.74. The summed E-state index contributed by atoms with van der Waals surface area (Å²) in [7, 11) is 1.71. The first kappa shape index (κ1) is 17.2. The van der Waals surface area contributed by atoms with Gasteiger partial charge in [-0.3, -0.25) is 14.5 Å². The van der Waals surface area contributed by atoms with Gasteiger partial charge in [0.05, 0.1) is 16.4 Å². The third-order valence-electron chi connectivity index (χ3n) is 4.02. The summed E-state index contributed by atoms with van der Waals surface area (Å²) >= 11 is 5.98. The fourth-order valence-corrected chi connectivity index (χ4v) is 3.00. The number of rotatable bonds is 5. The number of pyridine rings is 1. The molecule has 0 atom stereocenters. The van der Waals surface area contributed by atoms with E-state index in [1.807, 2.05) is 30.5 Å². The molecule has 1 amide bonds. The van der Waals surface area contributed by atoms with E-state index in [9.17, 15) is 4.79 Å². The van der Waals surface area contributed by atoms with Gasteiger partial charge in [-0.1, -0.05) is 11.6 Å². The van der Waals surface area contributed by atoms with Crippen molar-refractivity contribution in [3.05, 3.63) is 65.5 Å². The highest BCUT2D eigenvalue weighted by Crippen LogP contribution is 2.17. The van der Waals surface area contributed by atoms with Gasteiger partial charge in [0, 0.05) is 56.4 Å². The Kier molecular flexibility index (Phi) is 4.55. The molecule has 27 heavy (non-hydrogen) atoms. The Morgan fingerprint density at radius 3 is 2.78 bits per heavy atom. The zero-order chi connectivity index (χ0) is 18.8. The number of halogens is 1. The number of fused-ring (bicyclic) bond motifs is 1. The standard InChI is InChI=1S/C18H16ClN7O/c1-25-11-14(19)17(24-25)18(27)21-8-4-13-10-16-22-15(5-9-26(16)23-13)12-2-6-20-7-3-12/h2-3,5-7,9-11H,4,8H2,1H3,(H,21,27). The van der Waals surface area contributed by atoms with E-state index in [4.69, 9.17) is 11.6 Å². The molecular weight excluding hydrogens is 366 g/mol. The lowest BCUT2D eigenvalue weighted by Gasteiger charge is -2.01. The van der Waals surface area contributed by atoms with E-state index in [-0.39, 0.29) is 11.6 Å². The van der Waals surface area contributed by atoms with Gasteiger partial charge in [0.2, 0.25) is 0 Å². The number of aryl methyl sites for hydroxylation is 1. The molecule has 136 valence electrons. The van der Waals surface area contributed by atoms with Crippen LogP contribution in [0.25, 0.3) is 16.9 Å². The van der Waals surface area contributed by atoms with Crippen molar-refractivity contribution in [2.24, 2.45) is 7.05 Å². The average Bonchev–Trinajstić information content (AvgIpc) is 3.23. The molecule has 0 saturated carbocycles. The minimum Gasteiger partial charge on any atom is -0.350 e. The van der Waals surface area contributed by atoms with Gasteiger partial charge in [-0.2, -0.15) is 10.2 Å².